The second-order valence-electron chi connectivity index (χ2n) is 5.23. The number of esters is 1. The van der Waals surface area contributed by atoms with E-state index in [-0.39, 0.29) is 11.4 Å². The summed E-state index contributed by atoms with van der Waals surface area (Å²) in [5.41, 5.74) is 0.575. The number of halogens is 1. The fraction of sp³-hybridized carbons (Fsp3) is 0.176. The number of nitrogens with zero attached hydrogens (tertiary/aromatic N) is 1. The lowest BCUT2D eigenvalue weighted by Crippen LogP contribution is -2.20. The topological polar surface area (TPSA) is 121 Å². The maximum Gasteiger partial charge on any atom is 0.331 e. The van der Waals surface area contributed by atoms with Gasteiger partial charge >= 0.3 is 11.7 Å². The number of aryl methyl sites for hydroxylation is 1. The molecule has 0 radical (unpaired) electrons. The predicted molar refractivity (Wildman–Crippen MR) is 104 cm³/mol. The number of benzene rings is 1. The summed E-state index contributed by atoms with van der Waals surface area (Å²) in [6, 6.07) is 6.04. The first-order chi connectivity index (χ1) is 12.8. The monoisotopic (exact) mass is 486 g/mol. The van der Waals surface area contributed by atoms with Gasteiger partial charge in [0.1, 0.15) is 5.76 Å². The highest BCUT2D eigenvalue weighted by atomic mass is 127. The van der Waals surface area contributed by atoms with Crippen LogP contribution in [0.15, 0.2) is 34.8 Å². The van der Waals surface area contributed by atoms with E-state index in [4.69, 9.17) is 13.9 Å². The number of anilines is 1. The first-order valence-corrected chi connectivity index (χ1v) is 8.61. The van der Waals surface area contributed by atoms with E-state index in [0.717, 1.165) is 6.08 Å². The van der Waals surface area contributed by atoms with E-state index >= 15 is 0 Å². The quantitative estimate of drug-likeness (QED) is 0.210. The summed E-state index contributed by atoms with van der Waals surface area (Å²) in [5.74, 6) is -0.818. The maximum atomic E-state index is 12.0. The van der Waals surface area contributed by atoms with Gasteiger partial charge in [0.05, 0.1) is 12.0 Å². The molecule has 9 nitrogen and oxygen atoms in total. The van der Waals surface area contributed by atoms with Gasteiger partial charge in [-0.15, -0.1) is 0 Å². The van der Waals surface area contributed by atoms with Gasteiger partial charge in [0, 0.05) is 23.9 Å². The second-order valence-corrected chi connectivity index (χ2v) is 6.29. The van der Waals surface area contributed by atoms with E-state index in [0.29, 0.717) is 20.8 Å². The number of hydrogen-bond acceptors (Lipinski definition) is 7. The molecule has 142 valence electrons. The van der Waals surface area contributed by atoms with Crippen LogP contribution < -0.4 is 10.1 Å². The van der Waals surface area contributed by atoms with Crippen molar-refractivity contribution in [2.24, 2.45) is 0 Å². The Morgan fingerprint density at radius 1 is 1.37 bits per heavy atom. The van der Waals surface area contributed by atoms with E-state index in [2.05, 4.69) is 5.32 Å². The molecule has 0 aliphatic carbocycles. The van der Waals surface area contributed by atoms with Gasteiger partial charge in [-0.3, -0.25) is 14.9 Å². The molecule has 27 heavy (non-hydrogen) atoms. The van der Waals surface area contributed by atoms with Crippen LogP contribution in [0.2, 0.25) is 0 Å². The van der Waals surface area contributed by atoms with Crippen LogP contribution in [0.25, 0.3) is 6.08 Å². The first kappa shape index (κ1) is 20.4. The molecule has 0 saturated heterocycles. The van der Waals surface area contributed by atoms with Gasteiger partial charge in [-0.1, -0.05) is 0 Å². The van der Waals surface area contributed by atoms with Gasteiger partial charge in [0.25, 0.3) is 5.91 Å². The van der Waals surface area contributed by atoms with Crippen molar-refractivity contribution in [1.82, 2.24) is 0 Å². The fourth-order valence-electron chi connectivity index (χ4n) is 2.05. The molecule has 0 spiro atoms. The molecule has 2 aromatic rings. The third-order valence-electron chi connectivity index (χ3n) is 3.32. The summed E-state index contributed by atoms with van der Waals surface area (Å²) in [4.78, 5) is 34.0. The predicted octanol–water partition coefficient (Wildman–Crippen LogP) is 3.30. The van der Waals surface area contributed by atoms with E-state index < -0.39 is 23.4 Å². The number of carbonyl (C=O) groups excluding carboxylic acids is 2. The molecule has 1 N–H and O–H groups in total. The van der Waals surface area contributed by atoms with Crippen molar-refractivity contribution in [2.45, 2.75) is 6.92 Å². The third-order valence-corrected chi connectivity index (χ3v) is 3.90. The largest absolute Gasteiger partial charge is 0.490 e. The van der Waals surface area contributed by atoms with Crippen molar-refractivity contribution in [3.63, 3.8) is 0 Å². The average Bonchev–Trinajstić information content (AvgIpc) is 3.04. The van der Waals surface area contributed by atoms with E-state index in [1.54, 1.807) is 19.1 Å². The molecule has 0 atom stereocenters. The van der Waals surface area contributed by atoms with Gasteiger partial charge < -0.3 is 19.2 Å². The zero-order valence-corrected chi connectivity index (χ0v) is 16.5. The van der Waals surface area contributed by atoms with Crippen molar-refractivity contribution in [3.8, 4) is 5.75 Å². The summed E-state index contributed by atoms with van der Waals surface area (Å²) in [5, 5.41) is 13.5. The Labute approximate surface area is 167 Å². The second kappa shape index (κ2) is 9.16. The SMILES string of the molecule is COc1cc(NC(=O)COC(=O)C=Cc2ccc(I)o2)c(C)cc1[N+](=O)[O-]. The number of ether oxygens (including phenoxy) is 2. The van der Waals surface area contributed by atoms with Gasteiger partial charge in [-0.25, -0.2) is 4.79 Å². The number of nitro groups is 1. The number of amides is 1. The van der Waals surface area contributed by atoms with Crippen LogP contribution in [0, 0.1) is 20.8 Å². The van der Waals surface area contributed by atoms with Crippen LogP contribution in [0.1, 0.15) is 11.3 Å². The summed E-state index contributed by atoms with van der Waals surface area (Å²) >= 11 is 1.99. The van der Waals surface area contributed by atoms with Crippen LogP contribution in [0.5, 0.6) is 5.75 Å². The van der Waals surface area contributed by atoms with Gasteiger partial charge in [-0.05, 0) is 53.3 Å². The molecular formula is C17H15IN2O7. The van der Waals surface area contributed by atoms with Crippen molar-refractivity contribution in [3.05, 3.63) is 55.5 Å². The van der Waals surface area contributed by atoms with Crippen LogP contribution in [0.3, 0.4) is 0 Å². The summed E-state index contributed by atoms with van der Waals surface area (Å²) in [6.45, 7) is 1.08. The molecule has 0 unspecified atom stereocenters. The van der Waals surface area contributed by atoms with Crippen LogP contribution >= 0.6 is 22.6 Å². The highest BCUT2D eigenvalue weighted by molar-refractivity contribution is 14.1. The Morgan fingerprint density at radius 3 is 2.70 bits per heavy atom. The Bertz CT molecular complexity index is 905. The van der Waals surface area contributed by atoms with Crippen LogP contribution in [-0.4, -0.2) is 30.5 Å². The molecule has 1 amide bonds. The van der Waals surface area contributed by atoms with E-state index in [1.165, 1.54) is 25.3 Å². The maximum absolute atomic E-state index is 12.0. The number of carbonyl (C=O) groups is 2. The molecule has 0 aliphatic rings. The Balaban J connectivity index is 1.94. The van der Waals surface area contributed by atoms with Crippen molar-refractivity contribution < 1.29 is 28.4 Å². The molecule has 0 aliphatic heterocycles. The lowest BCUT2D eigenvalue weighted by molar-refractivity contribution is -0.385. The Morgan fingerprint density at radius 2 is 2.11 bits per heavy atom. The molecule has 10 heteroatoms. The number of nitrogens with one attached hydrogen (secondary N) is 1. The smallest absolute Gasteiger partial charge is 0.331 e. The molecule has 2 rings (SSSR count). The fourth-order valence-corrected chi connectivity index (χ4v) is 2.49. The summed E-state index contributed by atoms with van der Waals surface area (Å²) < 4.78 is 15.7. The minimum atomic E-state index is -0.713. The number of methoxy groups -OCH3 is 1. The average molecular weight is 486 g/mol. The number of hydrogen-bond donors (Lipinski definition) is 1. The molecule has 1 aromatic heterocycles. The highest BCUT2D eigenvalue weighted by Crippen LogP contribution is 2.32. The van der Waals surface area contributed by atoms with Crippen molar-refractivity contribution in [1.29, 1.82) is 0 Å². The number of rotatable bonds is 7. The van der Waals surface area contributed by atoms with Crippen molar-refractivity contribution >= 4 is 51.9 Å². The molecule has 0 fully saturated rings. The minimum Gasteiger partial charge on any atom is -0.490 e. The lowest BCUT2D eigenvalue weighted by Gasteiger charge is -2.10. The zero-order chi connectivity index (χ0) is 20.0. The summed E-state index contributed by atoms with van der Waals surface area (Å²) in [6.07, 6.45) is 2.57. The summed E-state index contributed by atoms with van der Waals surface area (Å²) in [7, 11) is 1.29. The van der Waals surface area contributed by atoms with E-state index in [9.17, 15) is 19.7 Å². The minimum absolute atomic E-state index is 0.00825. The Hall–Kier alpha value is -2.89. The van der Waals surface area contributed by atoms with Gasteiger partial charge in [0.15, 0.2) is 16.1 Å². The Kier molecular flexibility index (Phi) is 6.93. The normalized spacial score (nSPS) is 10.6. The molecule has 0 bridgehead atoms. The van der Waals surface area contributed by atoms with Gasteiger partial charge in [-0.2, -0.15) is 0 Å². The van der Waals surface area contributed by atoms with Crippen LogP contribution in [0.4, 0.5) is 11.4 Å². The zero-order valence-electron chi connectivity index (χ0n) is 14.4. The molecule has 1 heterocycles. The first-order valence-electron chi connectivity index (χ1n) is 7.53. The molecule has 1 aromatic carbocycles. The van der Waals surface area contributed by atoms with Crippen molar-refractivity contribution in [2.75, 3.05) is 19.0 Å². The number of nitro benzene ring substituents is 1. The molecule has 0 saturated carbocycles. The van der Waals surface area contributed by atoms with Crippen LogP contribution in [-0.2, 0) is 14.3 Å². The highest BCUT2D eigenvalue weighted by Gasteiger charge is 2.18. The van der Waals surface area contributed by atoms with E-state index in [1.807, 2.05) is 22.6 Å². The third kappa shape index (κ3) is 5.81. The molecular weight excluding hydrogens is 471 g/mol. The van der Waals surface area contributed by atoms with Gasteiger partial charge in [0.2, 0.25) is 0 Å². The standard InChI is InChI=1S/C17H15IN2O7/c1-10-7-13(20(23)24)14(25-2)8-12(10)19-16(21)9-26-17(22)6-4-11-3-5-15(18)27-11/h3-8H,9H2,1-2H3,(H,19,21). The lowest BCUT2D eigenvalue weighted by atomic mass is 10.1. The number of furan rings is 1.